The monoisotopic (exact) mass is 520 g/mol. The molecule has 10 nitrogen and oxygen atoms in total. The minimum absolute atomic E-state index is 0. The first-order chi connectivity index (χ1) is 15.8. The van der Waals surface area contributed by atoms with Crippen LogP contribution in [-0.2, 0) is 38.3 Å². The zero-order valence-corrected chi connectivity index (χ0v) is 23.3. The Morgan fingerprint density at radius 2 is 1.86 bits per heavy atom. The van der Waals surface area contributed by atoms with Gasteiger partial charge in [-0.1, -0.05) is 19.1 Å². The summed E-state index contributed by atoms with van der Waals surface area (Å²) in [6, 6.07) is 6.36. The fourth-order valence-electron chi connectivity index (χ4n) is 4.21. The minimum atomic E-state index is -3.38. The Hall–Kier alpha value is -1.60. The number of aliphatic hydroxyl groups is 2. The number of ether oxygens (including phenoxy) is 5. The molecule has 0 amide bonds. The number of aliphatic hydroxyl groups excluding tert-OH is 2. The molecule has 1 spiro atoms. The van der Waals surface area contributed by atoms with Crippen molar-refractivity contribution in [3.05, 3.63) is 47.1 Å². The molecule has 2 N–H and O–H groups in total. The second-order valence-corrected chi connectivity index (χ2v) is 11.0. The van der Waals surface area contributed by atoms with Crippen LogP contribution >= 0.6 is 0 Å². The summed E-state index contributed by atoms with van der Waals surface area (Å²) in [5.74, 6) is -4.12. The molecular weight excluding hydrogens is 491 g/mol. The molecule has 35 heavy (non-hydrogen) atoms. The van der Waals surface area contributed by atoms with Crippen LogP contribution in [0.1, 0.15) is 41.1 Å². The van der Waals surface area contributed by atoms with E-state index in [0.717, 1.165) is 6.26 Å². The maximum Gasteiger partial charge on any atom is 1.00 e. The van der Waals surface area contributed by atoms with Gasteiger partial charge in [0, 0.05) is 11.8 Å². The van der Waals surface area contributed by atoms with E-state index in [0.29, 0.717) is 17.6 Å². The third kappa shape index (κ3) is 4.87. The molecule has 0 bridgehead atoms. The number of rotatable bonds is 6. The van der Waals surface area contributed by atoms with Crippen LogP contribution in [0.4, 0.5) is 0 Å². The zero-order valence-electron chi connectivity index (χ0n) is 21.5. The van der Waals surface area contributed by atoms with Crippen LogP contribution in [0, 0.1) is 0 Å². The SMILES string of the molecule is CC[C@@]1(C)OC2(OC[C@@H]([C@H]3OC(=O)C(O)=C3O)O2)C(OC(C)C)=C1c1ccc(S(C)(=O)=O)cc1.[H-].[Na+]. The molecule has 3 aliphatic rings. The number of esters is 1. The summed E-state index contributed by atoms with van der Waals surface area (Å²) < 4.78 is 53.4. The molecule has 0 aromatic heterocycles. The van der Waals surface area contributed by atoms with Crippen molar-refractivity contribution in [2.45, 2.75) is 68.9 Å². The largest absolute Gasteiger partial charge is 1.00 e. The molecule has 0 saturated carbocycles. The molecule has 1 fully saturated rings. The number of carbonyl (C=O) groups excluding carboxylic acids is 1. The van der Waals surface area contributed by atoms with Gasteiger partial charge in [0.2, 0.25) is 5.76 Å². The van der Waals surface area contributed by atoms with E-state index in [-0.39, 0.29) is 54.3 Å². The summed E-state index contributed by atoms with van der Waals surface area (Å²) in [7, 11) is -3.38. The second kappa shape index (κ2) is 9.70. The summed E-state index contributed by atoms with van der Waals surface area (Å²) in [6.07, 6.45) is -0.914. The Balaban J connectivity index is 0.00000228. The Bertz CT molecular complexity index is 1180. The molecule has 0 radical (unpaired) electrons. The summed E-state index contributed by atoms with van der Waals surface area (Å²) in [6.45, 7) is 7.27. The molecule has 0 aliphatic carbocycles. The normalized spacial score (nSPS) is 30.9. The second-order valence-electron chi connectivity index (χ2n) is 8.94. The maximum absolute atomic E-state index is 11.9. The number of hydrogen-bond acceptors (Lipinski definition) is 10. The minimum Gasteiger partial charge on any atom is -1.00 e. The van der Waals surface area contributed by atoms with E-state index in [9.17, 15) is 23.4 Å². The number of hydrogen-bond donors (Lipinski definition) is 2. The van der Waals surface area contributed by atoms with Crippen LogP contribution in [0.3, 0.4) is 0 Å². The van der Waals surface area contributed by atoms with Gasteiger partial charge in [-0.3, -0.25) is 0 Å². The smallest absolute Gasteiger partial charge is 1.00 e. The van der Waals surface area contributed by atoms with Gasteiger partial charge in [-0.2, -0.15) is 0 Å². The fraction of sp³-hybridized carbons (Fsp3) is 0.522. The van der Waals surface area contributed by atoms with Gasteiger partial charge in [0.25, 0.3) is 0 Å². The van der Waals surface area contributed by atoms with E-state index >= 15 is 0 Å². The van der Waals surface area contributed by atoms with Crippen LogP contribution in [-0.4, -0.2) is 67.3 Å². The van der Waals surface area contributed by atoms with Crippen molar-refractivity contribution in [2.75, 3.05) is 12.9 Å². The molecule has 1 aromatic carbocycles. The molecular formula is C23H29NaO10S. The third-order valence-electron chi connectivity index (χ3n) is 6.01. The molecule has 3 aliphatic heterocycles. The molecule has 1 unspecified atom stereocenters. The number of carbonyl (C=O) groups is 1. The molecule has 4 atom stereocenters. The first-order valence-corrected chi connectivity index (χ1v) is 12.8. The summed E-state index contributed by atoms with van der Waals surface area (Å²) in [5.41, 5.74) is 0.334. The van der Waals surface area contributed by atoms with Crippen molar-refractivity contribution in [2.24, 2.45) is 0 Å². The quantitative estimate of drug-likeness (QED) is 0.385. The Kier molecular flexibility index (Phi) is 7.75. The van der Waals surface area contributed by atoms with E-state index in [1.807, 2.05) is 27.7 Å². The van der Waals surface area contributed by atoms with Crippen LogP contribution in [0.15, 0.2) is 46.4 Å². The first-order valence-electron chi connectivity index (χ1n) is 10.9. The van der Waals surface area contributed by atoms with Gasteiger partial charge in [0.1, 0.15) is 11.7 Å². The Morgan fingerprint density at radius 1 is 1.23 bits per heavy atom. The van der Waals surface area contributed by atoms with Crippen molar-refractivity contribution in [3.8, 4) is 0 Å². The van der Waals surface area contributed by atoms with Crippen molar-refractivity contribution < 1.29 is 78.1 Å². The topological polar surface area (TPSA) is 138 Å². The van der Waals surface area contributed by atoms with Crippen molar-refractivity contribution >= 4 is 21.4 Å². The molecule has 4 rings (SSSR count). The van der Waals surface area contributed by atoms with Gasteiger partial charge in [-0.25, -0.2) is 13.2 Å². The third-order valence-corrected chi connectivity index (χ3v) is 7.14. The van der Waals surface area contributed by atoms with Gasteiger partial charge >= 0.3 is 41.5 Å². The van der Waals surface area contributed by atoms with Crippen molar-refractivity contribution in [1.29, 1.82) is 0 Å². The van der Waals surface area contributed by atoms with Crippen LogP contribution in [0.5, 0.6) is 0 Å². The Labute approximate surface area is 227 Å². The maximum atomic E-state index is 11.9. The average molecular weight is 521 g/mol. The van der Waals surface area contributed by atoms with E-state index in [4.69, 9.17) is 23.7 Å². The number of sulfone groups is 1. The van der Waals surface area contributed by atoms with E-state index in [1.54, 1.807) is 12.1 Å². The number of cyclic esters (lactones) is 1. The number of benzene rings is 1. The van der Waals surface area contributed by atoms with E-state index in [2.05, 4.69) is 0 Å². The Morgan fingerprint density at radius 3 is 2.34 bits per heavy atom. The van der Waals surface area contributed by atoms with Crippen LogP contribution in [0.2, 0.25) is 0 Å². The molecule has 1 aromatic rings. The van der Waals surface area contributed by atoms with Gasteiger partial charge < -0.3 is 35.3 Å². The fourth-order valence-corrected chi connectivity index (χ4v) is 4.84. The van der Waals surface area contributed by atoms with Gasteiger partial charge in [0.15, 0.2) is 27.5 Å². The van der Waals surface area contributed by atoms with E-state index < -0.39 is 51.1 Å². The van der Waals surface area contributed by atoms with Crippen LogP contribution in [0.25, 0.3) is 5.57 Å². The van der Waals surface area contributed by atoms with Gasteiger partial charge in [0.05, 0.1) is 17.6 Å². The summed E-state index contributed by atoms with van der Waals surface area (Å²) in [5, 5.41) is 19.8. The predicted octanol–water partition coefficient (Wildman–Crippen LogP) is -0.136. The molecule has 3 heterocycles. The molecule has 1 saturated heterocycles. The zero-order chi connectivity index (χ0) is 25.1. The average Bonchev–Trinajstić information content (AvgIpc) is 3.37. The molecule has 12 heteroatoms. The van der Waals surface area contributed by atoms with Crippen molar-refractivity contribution in [1.82, 2.24) is 0 Å². The first kappa shape index (κ1) is 28.0. The van der Waals surface area contributed by atoms with Gasteiger partial charge in [-0.05, 0) is 44.9 Å². The van der Waals surface area contributed by atoms with Crippen LogP contribution < -0.4 is 29.6 Å². The summed E-state index contributed by atoms with van der Waals surface area (Å²) in [4.78, 5) is 11.8. The summed E-state index contributed by atoms with van der Waals surface area (Å²) >= 11 is 0. The predicted molar refractivity (Wildman–Crippen MR) is 119 cm³/mol. The van der Waals surface area contributed by atoms with Crippen molar-refractivity contribution in [3.63, 3.8) is 0 Å². The standard InChI is InChI=1S/C23H28O10S.Na.H/c1-6-22(4)16(13-7-9-14(10-8-13)34(5,27)28)20(30-12(2)3)23(33-22)29-11-15(32-23)19-17(24)18(25)21(26)31-19;;/h7-10,12,15,19,24-25H,6,11H2,1-5H3;;/q;+1;-1/t15-,19+,22+,23?;;/m0../s1. The van der Waals surface area contributed by atoms with Gasteiger partial charge in [-0.15, -0.1) is 0 Å². The van der Waals surface area contributed by atoms with E-state index in [1.165, 1.54) is 12.1 Å². The molecule has 188 valence electrons.